The van der Waals surface area contributed by atoms with Gasteiger partial charge in [0.1, 0.15) is 12.4 Å². The van der Waals surface area contributed by atoms with E-state index in [2.05, 4.69) is 16.2 Å². The fraction of sp³-hybridized carbons (Fsp3) is 0.160. The number of nitrogens with one attached hydrogen (secondary N) is 1. The highest BCUT2D eigenvalue weighted by Gasteiger charge is 2.09. The fourth-order valence-electron chi connectivity index (χ4n) is 3.37. The first-order valence-electron chi connectivity index (χ1n) is 10.2. The van der Waals surface area contributed by atoms with Crippen molar-refractivity contribution in [3.63, 3.8) is 0 Å². The van der Waals surface area contributed by atoms with Crippen LogP contribution in [0.3, 0.4) is 0 Å². The summed E-state index contributed by atoms with van der Waals surface area (Å²) in [6, 6.07) is 20.6. The second-order valence-electron chi connectivity index (χ2n) is 7.73. The van der Waals surface area contributed by atoms with Gasteiger partial charge in [-0.05, 0) is 36.8 Å². The number of para-hydroxylation sites is 1. The number of hydrogen-bond donors (Lipinski definition) is 1. The Labute approximate surface area is 185 Å². The molecule has 0 unspecified atom stereocenters. The summed E-state index contributed by atoms with van der Waals surface area (Å²) in [4.78, 5) is 29.8. The zero-order valence-corrected chi connectivity index (χ0v) is 18.2. The lowest BCUT2D eigenvalue weighted by Crippen LogP contribution is -2.32. The minimum Gasteiger partial charge on any atom is -0.488 e. The largest absolute Gasteiger partial charge is 0.488 e. The van der Waals surface area contributed by atoms with Crippen molar-refractivity contribution in [3.05, 3.63) is 104 Å². The maximum Gasteiger partial charge on any atom is 0.349 e. The number of aryl methyl sites for hydroxylation is 1. The Kier molecular flexibility index (Phi) is 5.89. The smallest absolute Gasteiger partial charge is 0.349 e. The summed E-state index contributed by atoms with van der Waals surface area (Å²) in [6.07, 6.45) is 1.47. The fourth-order valence-corrected chi connectivity index (χ4v) is 3.37. The van der Waals surface area contributed by atoms with E-state index in [1.807, 2.05) is 62.3 Å². The molecule has 0 radical (unpaired) electrons. The van der Waals surface area contributed by atoms with Gasteiger partial charge in [-0.3, -0.25) is 4.79 Å². The predicted octanol–water partition coefficient (Wildman–Crippen LogP) is 3.53. The summed E-state index contributed by atoms with van der Waals surface area (Å²) in [5.41, 5.74) is 3.22. The number of anilines is 1. The molecular formula is C25H24N4O3. The van der Waals surface area contributed by atoms with E-state index in [0.717, 1.165) is 21.5 Å². The third kappa shape index (κ3) is 4.46. The molecule has 1 aromatic heterocycles. The van der Waals surface area contributed by atoms with Crippen molar-refractivity contribution < 1.29 is 4.74 Å². The van der Waals surface area contributed by atoms with Gasteiger partial charge >= 0.3 is 5.69 Å². The first-order valence-corrected chi connectivity index (χ1v) is 10.2. The van der Waals surface area contributed by atoms with E-state index in [-0.39, 0.29) is 0 Å². The molecule has 32 heavy (non-hydrogen) atoms. The van der Waals surface area contributed by atoms with Crippen LogP contribution in [0, 0.1) is 6.92 Å². The van der Waals surface area contributed by atoms with Gasteiger partial charge in [-0.25, -0.2) is 4.79 Å². The van der Waals surface area contributed by atoms with Crippen LogP contribution in [0.1, 0.15) is 16.7 Å². The number of aromatic nitrogens is 2. The van der Waals surface area contributed by atoms with Crippen LogP contribution in [-0.2, 0) is 6.61 Å². The molecule has 0 aliphatic heterocycles. The molecule has 4 aromatic rings. The maximum absolute atomic E-state index is 12.7. The number of benzene rings is 3. The number of rotatable bonds is 6. The van der Waals surface area contributed by atoms with Gasteiger partial charge in [0.25, 0.3) is 5.56 Å². The van der Waals surface area contributed by atoms with Crippen LogP contribution >= 0.6 is 0 Å². The molecule has 0 atom stereocenters. The van der Waals surface area contributed by atoms with Crippen molar-refractivity contribution >= 4 is 22.8 Å². The normalized spacial score (nSPS) is 11.2. The standard InChI is InChI=1S/C25H24N4O3/c1-17-7-6-8-18(13-17)16-32-23-14-20(28(2)3)12-11-19(23)15-26-29-24(30)21-9-4-5-10-22(21)27-25(29)31/h4-15H,16H2,1-3H3,(H,27,31). The second-order valence-corrected chi connectivity index (χ2v) is 7.73. The molecule has 0 saturated carbocycles. The lowest BCUT2D eigenvalue weighted by molar-refractivity contribution is 0.306. The minimum atomic E-state index is -0.600. The molecular weight excluding hydrogens is 404 g/mol. The average Bonchev–Trinajstić information content (AvgIpc) is 2.78. The molecule has 7 heteroatoms. The third-order valence-corrected chi connectivity index (χ3v) is 5.09. The van der Waals surface area contributed by atoms with Gasteiger partial charge in [0.15, 0.2) is 0 Å². The van der Waals surface area contributed by atoms with Crippen molar-refractivity contribution in [3.8, 4) is 5.75 Å². The first-order chi connectivity index (χ1) is 15.4. The average molecular weight is 428 g/mol. The predicted molar refractivity (Wildman–Crippen MR) is 128 cm³/mol. The number of aromatic amines is 1. The highest BCUT2D eigenvalue weighted by Crippen LogP contribution is 2.25. The van der Waals surface area contributed by atoms with Gasteiger partial charge in [0.2, 0.25) is 0 Å². The van der Waals surface area contributed by atoms with Gasteiger partial charge in [0, 0.05) is 31.4 Å². The Bertz CT molecular complexity index is 1420. The lowest BCUT2D eigenvalue weighted by Gasteiger charge is -2.16. The topological polar surface area (TPSA) is 79.7 Å². The number of hydrogen-bond acceptors (Lipinski definition) is 5. The van der Waals surface area contributed by atoms with Crippen LogP contribution in [0.15, 0.2) is 81.4 Å². The first kappa shape index (κ1) is 21.1. The van der Waals surface area contributed by atoms with Crippen LogP contribution < -0.4 is 20.9 Å². The Morgan fingerprint density at radius 3 is 2.62 bits per heavy atom. The molecule has 0 fully saturated rings. The molecule has 0 bridgehead atoms. The van der Waals surface area contributed by atoms with E-state index in [0.29, 0.717) is 28.8 Å². The Morgan fingerprint density at radius 1 is 1.03 bits per heavy atom. The van der Waals surface area contributed by atoms with E-state index >= 15 is 0 Å². The van der Waals surface area contributed by atoms with Crippen LogP contribution in [0.4, 0.5) is 5.69 Å². The van der Waals surface area contributed by atoms with E-state index in [9.17, 15) is 9.59 Å². The van der Waals surface area contributed by atoms with Gasteiger partial charge in [-0.1, -0.05) is 42.0 Å². The van der Waals surface area contributed by atoms with Crippen molar-refractivity contribution in [2.24, 2.45) is 5.10 Å². The molecule has 0 amide bonds. The zero-order chi connectivity index (χ0) is 22.7. The second kappa shape index (κ2) is 8.93. The summed E-state index contributed by atoms with van der Waals surface area (Å²) >= 11 is 0. The number of H-pyrrole nitrogens is 1. The molecule has 7 nitrogen and oxygen atoms in total. The van der Waals surface area contributed by atoms with Crippen molar-refractivity contribution in [2.45, 2.75) is 13.5 Å². The Morgan fingerprint density at radius 2 is 1.84 bits per heavy atom. The summed E-state index contributed by atoms with van der Waals surface area (Å²) in [7, 11) is 3.89. The van der Waals surface area contributed by atoms with Crippen LogP contribution in [-0.4, -0.2) is 30.0 Å². The van der Waals surface area contributed by atoms with Crippen LogP contribution in [0.25, 0.3) is 10.9 Å². The number of fused-ring (bicyclic) bond motifs is 1. The van der Waals surface area contributed by atoms with E-state index < -0.39 is 11.2 Å². The molecule has 0 saturated heterocycles. The lowest BCUT2D eigenvalue weighted by atomic mass is 10.1. The minimum absolute atomic E-state index is 0.385. The summed E-state index contributed by atoms with van der Waals surface area (Å²) in [5.74, 6) is 0.603. The quantitative estimate of drug-likeness (QED) is 0.477. The molecule has 0 aliphatic carbocycles. The molecule has 4 rings (SSSR count). The third-order valence-electron chi connectivity index (χ3n) is 5.09. The Hall–Kier alpha value is -4.13. The van der Waals surface area contributed by atoms with Gasteiger partial charge < -0.3 is 14.6 Å². The maximum atomic E-state index is 12.7. The summed E-state index contributed by atoms with van der Waals surface area (Å²) < 4.78 is 6.92. The SMILES string of the molecule is Cc1cccc(COc2cc(N(C)C)ccc2C=Nn2c(=O)[nH]c3ccccc3c2=O)c1. The molecule has 0 aliphatic rings. The van der Waals surface area contributed by atoms with Gasteiger partial charge in [0.05, 0.1) is 17.1 Å². The molecule has 0 spiro atoms. The van der Waals surface area contributed by atoms with E-state index in [4.69, 9.17) is 4.74 Å². The van der Waals surface area contributed by atoms with Crippen molar-refractivity contribution in [1.29, 1.82) is 0 Å². The van der Waals surface area contributed by atoms with E-state index in [1.54, 1.807) is 24.3 Å². The molecule has 3 aromatic carbocycles. The molecule has 162 valence electrons. The molecule has 1 N–H and O–H groups in total. The Balaban J connectivity index is 1.70. The van der Waals surface area contributed by atoms with Gasteiger partial charge in [-0.2, -0.15) is 5.10 Å². The van der Waals surface area contributed by atoms with Gasteiger partial charge in [-0.15, -0.1) is 4.68 Å². The highest BCUT2D eigenvalue weighted by atomic mass is 16.5. The number of nitrogens with zero attached hydrogens (tertiary/aromatic N) is 3. The highest BCUT2D eigenvalue weighted by molar-refractivity contribution is 5.85. The molecule has 1 heterocycles. The van der Waals surface area contributed by atoms with Crippen LogP contribution in [0.2, 0.25) is 0 Å². The van der Waals surface area contributed by atoms with E-state index in [1.165, 1.54) is 6.21 Å². The summed E-state index contributed by atoms with van der Waals surface area (Å²) in [6.45, 7) is 2.42. The zero-order valence-electron chi connectivity index (χ0n) is 18.2. The van der Waals surface area contributed by atoms with Crippen molar-refractivity contribution in [2.75, 3.05) is 19.0 Å². The van der Waals surface area contributed by atoms with Crippen molar-refractivity contribution in [1.82, 2.24) is 9.66 Å². The van der Waals surface area contributed by atoms with Crippen LogP contribution in [0.5, 0.6) is 5.75 Å². The number of ether oxygens (including phenoxy) is 1. The summed E-state index contributed by atoms with van der Waals surface area (Å²) in [5, 5.41) is 4.56. The monoisotopic (exact) mass is 428 g/mol.